The molecule has 0 radical (unpaired) electrons. The fraction of sp³-hybridized carbons (Fsp3) is 0.308. The molecule has 0 fully saturated rings. The Bertz CT molecular complexity index is 587. The van der Waals surface area contributed by atoms with Gasteiger partial charge in [-0.05, 0) is 24.8 Å². The van der Waals surface area contributed by atoms with Gasteiger partial charge in [0.1, 0.15) is 5.75 Å². The van der Waals surface area contributed by atoms with Crippen molar-refractivity contribution in [3.63, 3.8) is 0 Å². The van der Waals surface area contributed by atoms with E-state index < -0.39 is 0 Å². The van der Waals surface area contributed by atoms with E-state index in [-0.39, 0.29) is 5.91 Å². The van der Waals surface area contributed by atoms with Crippen molar-refractivity contribution in [3.8, 4) is 5.75 Å². The summed E-state index contributed by atoms with van der Waals surface area (Å²) in [5.41, 5.74) is 0.495. The molecule has 0 bridgehead atoms. The average molecular weight is 309 g/mol. The van der Waals surface area contributed by atoms with Gasteiger partial charge in [-0.3, -0.25) is 10.1 Å². The summed E-state index contributed by atoms with van der Waals surface area (Å²) in [4.78, 5) is 12.2. The summed E-state index contributed by atoms with van der Waals surface area (Å²) in [6, 6.07) is 7.14. The molecule has 1 N–H and O–H groups in total. The molecule has 0 aliphatic rings. The largest absolute Gasteiger partial charge is 0.493 e. The number of nitrogens with one attached hydrogen (secondary N) is 1. The van der Waals surface area contributed by atoms with Crippen LogP contribution in [0.2, 0.25) is 0 Å². The Kier molecular flexibility index (Phi) is 5.37. The first kappa shape index (κ1) is 14.8. The van der Waals surface area contributed by atoms with Crippen molar-refractivity contribution in [1.29, 1.82) is 0 Å². The van der Waals surface area contributed by atoms with Crippen LogP contribution in [0.25, 0.3) is 0 Å². The predicted octanol–water partition coefficient (Wildman–Crippen LogP) is 3.30. The summed E-state index contributed by atoms with van der Waals surface area (Å²) in [5, 5.41) is 11.2. The summed E-state index contributed by atoms with van der Waals surface area (Å²) >= 11 is 2.97. The molecule has 0 saturated heterocycles. The van der Waals surface area contributed by atoms with Crippen LogP contribution in [0.3, 0.4) is 0 Å². The van der Waals surface area contributed by atoms with Crippen LogP contribution in [0, 0.1) is 0 Å². The lowest BCUT2D eigenvalue weighted by molar-refractivity contribution is 0.102. The lowest BCUT2D eigenvalue weighted by Crippen LogP contribution is -2.13. The van der Waals surface area contributed by atoms with Crippen molar-refractivity contribution < 1.29 is 9.53 Å². The molecule has 2 rings (SSSR count). The Morgan fingerprint density at radius 2 is 2.15 bits per heavy atom. The number of rotatable bonds is 6. The second kappa shape index (κ2) is 7.25. The Morgan fingerprint density at radius 3 is 2.90 bits per heavy atom. The quantitative estimate of drug-likeness (QED) is 0.655. The van der Waals surface area contributed by atoms with Gasteiger partial charge in [0, 0.05) is 0 Å². The van der Waals surface area contributed by atoms with Crippen molar-refractivity contribution >= 4 is 34.1 Å². The maximum absolute atomic E-state index is 12.2. The Hall–Kier alpha value is -1.60. The minimum atomic E-state index is -0.238. The third-order valence-corrected chi connectivity index (χ3v) is 4.18. The number of para-hydroxylation sites is 1. The summed E-state index contributed by atoms with van der Waals surface area (Å²) < 4.78 is 6.29. The van der Waals surface area contributed by atoms with Crippen molar-refractivity contribution in [2.24, 2.45) is 0 Å². The van der Waals surface area contributed by atoms with Gasteiger partial charge in [-0.2, -0.15) is 0 Å². The zero-order valence-corrected chi connectivity index (χ0v) is 12.9. The Labute approximate surface area is 125 Å². The second-order valence-corrected chi connectivity index (χ2v) is 6.18. The molecule has 0 saturated carbocycles. The molecule has 0 aliphatic heterocycles. The molecular weight excluding hydrogens is 294 g/mol. The van der Waals surface area contributed by atoms with Crippen LogP contribution in [0.5, 0.6) is 5.75 Å². The average Bonchev–Trinajstić information content (AvgIpc) is 2.87. The molecule has 5 nitrogen and oxygen atoms in total. The number of thioether (sulfide) groups is 1. The molecule has 1 amide bonds. The van der Waals surface area contributed by atoms with E-state index in [9.17, 15) is 4.79 Å². The van der Waals surface area contributed by atoms with Gasteiger partial charge in [-0.15, -0.1) is 10.2 Å². The summed E-state index contributed by atoms with van der Waals surface area (Å²) in [5.74, 6) is 1.26. The van der Waals surface area contributed by atoms with E-state index in [4.69, 9.17) is 4.74 Å². The molecule has 2 aromatic rings. The summed E-state index contributed by atoms with van der Waals surface area (Å²) in [6.07, 6.45) is 0. The van der Waals surface area contributed by atoms with E-state index >= 15 is 0 Å². The molecule has 0 aliphatic carbocycles. The number of hydrogen-bond donors (Lipinski definition) is 1. The lowest BCUT2D eigenvalue weighted by atomic mass is 10.2. The number of anilines is 1. The topological polar surface area (TPSA) is 64.1 Å². The fourth-order valence-corrected chi connectivity index (χ4v) is 3.19. The van der Waals surface area contributed by atoms with Crippen molar-refractivity contribution in [2.45, 2.75) is 18.2 Å². The van der Waals surface area contributed by atoms with Crippen LogP contribution in [0.1, 0.15) is 24.2 Å². The zero-order chi connectivity index (χ0) is 14.4. The van der Waals surface area contributed by atoms with Gasteiger partial charge in [-0.1, -0.05) is 42.2 Å². The molecule has 106 valence electrons. The highest BCUT2D eigenvalue weighted by Crippen LogP contribution is 2.26. The number of hydrogen-bond acceptors (Lipinski definition) is 6. The summed E-state index contributed by atoms with van der Waals surface area (Å²) in [7, 11) is 0. The zero-order valence-electron chi connectivity index (χ0n) is 11.3. The maximum atomic E-state index is 12.2. The maximum Gasteiger partial charge on any atom is 0.261 e. The molecule has 7 heteroatoms. The summed E-state index contributed by atoms with van der Waals surface area (Å²) in [6.45, 7) is 4.44. The van der Waals surface area contributed by atoms with Gasteiger partial charge in [0.15, 0.2) is 4.34 Å². The van der Waals surface area contributed by atoms with Crippen molar-refractivity contribution in [2.75, 3.05) is 17.7 Å². The number of carbonyl (C=O) groups is 1. The number of ether oxygens (including phenoxy) is 1. The Morgan fingerprint density at radius 1 is 1.35 bits per heavy atom. The third kappa shape index (κ3) is 3.71. The van der Waals surface area contributed by atoms with Crippen molar-refractivity contribution in [3.05, 3.63) is 29.8 Å². The van der Waals surface area contributed by atoms with Crippen LogP contribution < -0.4 is 10.1 Å². The van der Waals surface area contributed by atoms with E-state index in [2.05, 4.69) is 15.5 Å². The number of carbonyl (C=O) groups excluding carboxylic acids is 1. The normalized spacial score (nSPS) is 10.3. The molecule has 20 heavy (non-hydrogen) atoms. The van der Waals surface area contributed by atoms with E-state index in [1.54, 1.807) is 30.0 Å². The monoisotopic (exact) mass is 309 g/mol. The third-order valence-electron chi connectivity index (χ3n) is 2.33. The molecular formula is C13H15N3O2S2. The molecule has 0 atom stereocenters. The highest BCUT2D eigenvalue weighted by molar-refractivity contribution is 8.01. The first-order valence-electron chi connectivity index (χ1n) is 6.24. The first-order valence-corrected chi connectivity index (χ1v) is 8.04. The van der Waals surface area contributed by atoms with Crippen LogP contribution >= 0.6 is 23.1 Å². The van der Waals surface area contributed by atoms with Crippen LogP contribution in [0.4, 0.5) is 5.13 Å². The molecule has 1 aromatic heterocycles. The molecule has 0 unspecified atom stereocenters. The highest BCUT2D eigenvalue weighted by atomic mass is 32.2. The van der Waals surface area contributed by atoms with Crippen LogP contribution in [-0.4, -0.2) is 28.5 Å². The minimum absolute atomic E-state index is 0.238. The smallest absolute Gasteiger partial charge is 0.261 e. The van der Waals surface area contributed by atoms with Crippen LogP contribution in [-0.2, 0) is 0 Å². The van der Waals surface area contributed by atoms with Gasteiger partial charge in [0.25, 0.3) is 5.91 Å². The van der Waals surface area contributed by atoms with E-state index in [0.717, 1.165) is 10.1 Å². The van der Waals surface area contributed by atoms with Crippen molar-refractivity contribution in [1.82, 2.24) is 10.2 Å². The second-order valence-electron chi connectivity index (χ2n) is 3.69. The fourth-order valence-electron chi connectivity index (χ4n) is 1.54. The molecule has 1 heterocycles. The van der Waals surface area contributed by atoms with E-state index in [0.29, 0.717) is 23.1 Å². The van der Waals surface area contributed by atoms with Gasteiger partial charge >= 0.3 is 0 Å². The number of benzene rings is 1. The highest BCUT2D eigenvalue weighted by Gasteiger charge is 2.14. The Balaban J connectivity index is 2.11. The lowest BCUT2D eigenvalue weighted by Gasteiger charge is -2.08. The minimum Gasteiger partial charge on any atom is -0.493 e. The van der Waals surface area contributed by atoms with E-state index in [1.807, 2.05) is 19.9 Å². The van der Waals surface area contributed by atoms with Gasteiger partial charge in [0.2, 0.25) is 5.13 Å². The standard InChI is InChI=1S/C13H15N3O2S2/c1-3-18-10-8-6-5-7-9(10)11(17)14-12-15-16-13(20-12)19-4-2/h5-8H,3-4H2,1-2H3,(H,14,15,17). The van der Waals surface area contributed by atoms with E-state index in [1.165, 1.54) is 11.3 Å². The molecule has 0 spiro atoms. The molecule has 1 aromatic carbocycles. The predicted molar refractivity (Wildman–Crippen MR) is 81.9 cm³/mol. The van der Waals surface area contributed by atoms with Gasteiger partial charge in [-0.25, -0.2) is 0 Å². The van der Waals surface area contributed by atoms with Crippen LogP contribution in [0.15, 0.2) is 28.6 Å². The van der Waals surface area contributed by atoms with Gasteiger partial charge in [0.05, 0.1) is 12.2 Å². The SMILES string of the molecule is CCOc1ccccc1C(=O)Nc1nnc(SCC)s1. The van der Waals surface area contributed by atoms with Gasteiger partial charge < -0.3 is 4.74 Å². The number of amides is 1. The first-order chi connectivity index (χ1) is 9.74. The number of nitrogens with zero attached hydrogens (tertiary/aromatic N) is 2. The number of aromatic nitrogens is 2.